The maximum Gasteiger partial charge on any atom is 0.581 e. The molecule has 0 saturated carbocycles. The van der Waals surface area contributed by atoms with Gasteiger partial charge < -0.3 is 9.68 Å². The average Bonchev–Trinajstić information content (AvgIpc) is 2.68. The van der Waals surface area contributed by atoms with Crippen molar-refractivity contribution >= 4 is 36.1 Å². The Kier molecular flexibility index (Phi) is 4.13. The third kappa shape index (κ3) is 3.28. The van der Waals surface area contributed by atoms with Crippen LogP contribution in [0.3, 0.4) is 0 Å². The smallest absolute Gasteiger partial charge is 0.504 e. The second kappa shape index (κ2) is 5.64. The van der Waals surface area contributed by atoms with Crippen LogP contribution in [0.1, 0.15) is 0 Å². The highest BCUT2D eigenvalue weighted by molar-refractivity contribution is 6.60. The van der Waals surface area contributed by atoms with Gasteiger partial charge >= 0.3 is 13.1 Å². The molecule has 1 N–H and O–H groups in total. The highest BCUT2D eigenvalue weighted by Gasteiger charge is 2.37. The molecule has 0 amide bonds. The molecule has 9 heteroatoms. The Hall–Kier alpha value is -1.51. The molecular weight excluding hydrogens is 272 g/mol. The predicted octanol–water partition coefficient (Wildman–Crippen LogP) is -1.51. The van der Waals surface area contributed by atoms with E-state index in [0.717, 1.165) is 0 Å². The number of hydrogen-bond acceptors (Lipinski definition) is 7. The Balaban J connectivity index is 2.01. The van der Waals surface area contributed by atoms with E-state index in [2.05, 4.69) is 9.97 Å². The Morgan fingerprint density at radius 1 is 1.68 bits per heavy atom. The molecule has 1 aromatic rings. The van der Waals surface area contributed by atoms with Gasteiger partial charge in [-0.1, -0.05) is 0 Å². The number of likely N-dealkylation sites (N-methyl/N-ethyl adjacent to an activating group) is 1. The van der Waals surface area contributed by atoms with Crippen LogP contribution in [-0.4, -0.2) is 58.9 Å². The average molecular weight is 283 g/mol. The lowest BCUT2D eigenvalue weighted by molar-refractivity contribution is -0.142. The summed E-state index contributed by atoms with van der Waals surface area (Å²) in [5.74, 6) is -1.85. The molecule has 0 aromatic carbocycles. The fraction of sp³-hybridized carbons (Fsp3) is 0.400. The summed E-state index contributed by atoms with van der Waals surface area (Å²) < 4.78 is 4.81. The van der Waals surface area contributed by atoms with Crippen molar-refractivity contribution in [3.05, 3.63) is 17.5 Å². The fourth-order valence-electron chi connectivity index (χ4n) is 1.80. The van der Waals surface area contributed by atoms with E-state index in [1.807, 2.05) is 0 Å². The third-order valence-electron chi connectivity index (χ3n) is 2.72. The van der Waals surface area contributed by atoms with Crippen LogP contribution in [0.15, 0.2) is 12.3 Å². The van der Waals surface area contributed by atoms with Crippen molar-refractivity contribution in [2.45, 2.75) is 0 Å². The van der Waals surface area contributed by atoms with E-state index in [4.69, 9.17) is 16.3 Å². The number of Topliss-reactive ketones (excluding diaryl/α,β-unsaturated/α-hetero) is 1. The van der Waals surface area contributed by atoms with Gasteiger partial charge in [0.1, 0.15) is 5.92 Å². The summed E-state index contributed by atoms with van der Waals surface area (Å²) in [6.45, 7) is 0.490. The number of aromatic nitrogens is 2. The van der Waals surface area contributed by atoms with Crippen LogP contribution in [0.5, 0.6) is 0 Å². The van der Waals surface area contributed by atoms with Crippen molar-refractivity contribution in [3.63, 3.8) is 0 Å². The topological polar surface area (TPSA) is 92.6 Å². The molecule has 1 saturated heterocycles. The van der Waals surface area contributed by atoms with E-state index in [-0.39, 0.29) is 29.7 Å². The van der Waals surface area contributed by atoms with Gasteiger partial charge in [-0.2, -0.15) is 0 Å². The zero-order valence-electron chi connectivity index (χ0n) is 10.1. The molecule has 1 fully saturated rings. The summed E-state index contributed by atoms with van der Waals surface area (Å²) in [6.07, 6.45) is 1.33. The Bertz CT molecular complexity index is 515. The van der Waals surface area contributed by atoms with Gasteiger partial charge in [0, 0.05) is 12.7 Å². The van der Waals surface area contributed by atoms with Crippen molar-refractivity contribution in [1.29, 1.82) is 0 Å². The summed E-state index contributed by atoms with van der Waals surface area (Å²) in [5, 5.41) is 9.65. The van der Waals surface area contributed by atoms with E-state index in [1.165, 1.54) is 12.3 Å². The molecule has 1 aromatic heterocycles. The number of nitrogens with zero attached hydrogens (tertiary/aromatic N) is 3. The zero-order valence-corrected chi connectivity index (χ0v) is 10.9. The van der Waals surface area contributed by atoms with E-state index in [1.54, 1.807) is 11.9 Å². The Labute approximate surface area is 114 Å². The number of ketones is 1. The molecule has 0 bridgehead atoms. The Morgan fingerprint density at radius 3 is 3.00 bits per heavy atom. The van der Waals surface area contributed by atoms with Crippen LogP contribution in [0.2, 0.25) is 5.28 Å². The minimum atomic E-state index is -1.56. The number of carbonyl (C=O) groups excluding carboxylic acids is 2. The molecule has 0 aliphatic carbocycles. The largest absolute Gasteiger partial charge is 0.581 e. The normalized spacial score (nSPS) is 19.5. The molecule has 1 atom stereocenters. The van der Waals surface area contributed by atoms with Crippen LogP contribution >= 0.6 is 11.6 Å². The van der Waals surface area contributed by atoms with E-state index in [0.29, 0.717) is 0 Å². The lowest BCUT2D eigenvalue weighted by Gasteiger charge is -2.11. The minimum absolute atomic E-state index is 0.0622. The first-order valence-electron chi connectivity index (χ1n) is 5.55. The molecule has 2 rings (SSSR count). The van der Waals surface area contributed by atoms with Gasteiger partial charge in [-0.25, -0.2) is 9.97 Å². The second-order valence-corrected chi connectivity index (χ2v) is 4.59. The standard InChI is InChI=1S/C10H11BClN3O4/c1-15-4-6(7(16)5-15)9(17)19-11(18)8-2-3-13-10(12)14-8/h2-3,6,18H,4-5H2,1H3. The Morgan fingerprint density at radius 2 is 2.42 bits per heavy atom. The van der Waals surface area contributed by atoms with Gasteiger partial charge in [-0.3, -0.25) is 14.5 Å². The molecule has 100 valence electrons. The second-order valence-electron chi connectivity index (χ2n) is 4.26. The van der Waals surface area contributed by atoms with Crippen LogP contribution in [0, 0.1) is 5.92 Å². The minimum Gasteiger partial charge on any atom is -0.504 e. The summed E-state index contributed by atoms with van der Waals surface area (Å²) >= 11 is 5.56. The maximum absolute atomic E-state index is 11.8. The molecule has 7 nitrogen and oxygen atoms in total. The third-order valence-corrected chi connectivity index (χ3v) is 2.90. The van der Waals surface area contributed by atoms with Crippen molar-refractivity contribution in [3.8, 4) is 0 Å². The van der Waals surface area contributed by atoms with Gasteiger partial charge in [-0.05, 0) is 24.7 Å². The van der Waals surface area contributed by atoms with Crippen molar-refractivity contribution in [2.24, 2.45) is 5.92 Å². The molecule has 2 heterocycles. The molecule has 19 heavy (non-hydrogen) atoms. The maximum atomic E-state index is 11.8. The highest BCUT2D eigenvalue weighted by atomic mass is 35.5. The van der Waals surface area contributed by atoms with Gasteiger partial charge in [0.15, 0.2) is 5.78 Å². The first-order chi connectivity index (χ1) is 8.97. The van der Waals surface area contributed by atoms with Crippen molar-refractivity contribution in [1.82, 2.24) is 14.9 Å². The van der Waals surface area contributed by atoms with Crippen molar-refractivity contribution < 1.29 is 19.3 Å². The first-order valence-corrected chi connectivity index (χ1v) is 5.93. The lowest BCUT2D eigenvalue weighted by Crippen LogP contribution is -2.41. The number of likely N-dealkylation sites (tertiary alicyclic amines) is 1. The fourth-order valence-corrected chi connectivity index (χ4v) is 1.95. The van der Waals surface area contributed by atoms with Gasteiger partial charge in [0.2, 0.25) is 5.28 Å². The summed E-state index contributed by atoms with van der Waals surface area (Å²) in [4.78, 5) is 32.4. The number of rotatable bonds is 3. The van der Waals surface area contributed by atoms with Crippen LogP contribution < -0.4 is 5.59 Å². The monoisotopic (exact) mass is 283 g/mol. The van der Waals surface area contributed by atoms with Crippen molar-refractivity contribution in [2.75, 3.05) is 20.1 Å². The number of hydrogen-bond donors (Lipinski definition) is 1. The van der Waals surface area contributed by atoms with Crippen LogP contribution in [0.25, 0.3) is 0 Å². The SMILES string of the molecule is CN1CC(=O)C(C(=O)OB(O)c2ccnc(Cl)n2)C1. The van der Waals surface area contributed by atoms with Crippen LogP contribution in [-0.2, 0) is 14.2 Å². The van der Waals surface area contributed by atoms with Gasteiger partial charge in [0.05, 0.1) is 12.1 Å². The molecule has 1 unspecified atom stereocenters. The van der Waals surface area contributed by atoms with Gasteiger partial charge in [-0.15, -0.1) is 0 Å². The molecule has 1 aliphatic heterocycles. The van der Waals surface area contributed by atoms with Crippen LogP contribution in [0.4, 0.5) is 0 Å². The van der Waals surface area contributed by atoms with E-state index < -0.39 is 19.0 Å². The quantitative estimate of drug-likeness (QED) is 0.409. The number of carbonyl (C=O) groups is 2. The summed E-state index contributed by atoms with van der Waals surface area (Å²) in [6, 6.07) is 1.37. The summed E-state index contributed by atoms with van der Waals surface area (Å²) in [7, 11) is 0.165. The molecule has 0 spiro atoms. The highest BCUT2D eigenvalue weighted by Crippen LogP contribution is 2.12. The predicted molar refractivity (Wildman–Crippen MR) is 66.7 cm³/mol. The molecular formula is C10H11BClN3O4. The zero-order chi connectivity index (χ0) is 14.0. The number of halogens is 1. The first kappa shape index (κ1) is 13.9. The summed E-state index contributed by atoms with van der Waals surface area (Å²) in [5.41, 5.74) is 0.0622. The van der Waals surface area contributed by atoms with E-state index in [9.17, 15) is 14.6 Å². The molecule has 0 radical (unpaired) electrons. The van der Waals surface area contributed by atoms with Gasteiger partial charge in [0.25, 0.3) is 0 Å². The lowest BCUT2D eigenvalue weighted by atomic mass is 9.85. The molecule has 1 aliphatic rings. The van der Waals surface area contributed by atoms with E-state index >= 15 is 0 Å².